The van der Waals surface area contributed by atoms with E-state index in [0.29, 0.717) is 111 Å². The molecule has 2 aromatic heterocycles. The van der Waals surface area contributed by atoms with Crippen LogP contribution in [0.2, 0.25) is 0 Å². The number of urea groups is 2. The van der Waals surface area contributed by atoms with Gasteiger partial charge in [-0.1, -0.05) is 401 Å². The summed E-state index contributed by atoms with van der Waals surface area (Å²) in [6, 6.07) is 6.76. The minimum atomic E-state index is -0.462. The minimum Gasteiger partial charge on any atom is -0.490 e. The first kappa shape index (κ1) is 104. The zero-order chi connectivity index (χ0) is 84.3. The third kappa shape index (κ3) is 53.9. The number of unbranched alkanes of at least 4 members (excludes halogenated alkanes) is 57. The van der Waals surface area contributed by atoms with Gasteiger partial charge in [0, 0.05) is 24.2 Å². The van der Waals surface area contributed by atoms with Crippen molar-refractivity contribution in [3.63, 3.8) is 0 Å². The summed E-state index contributed by atoms with van der Waals surface area (Å²) in [5, 5.41) is 11.5. The largest absolute Gasteiger partial charge is 0.490 e. The molecule has 4 aromatic rings. The predicted octanol–water partition coefficient (Wildman–Crippen LogP) is 28.9. The van der Waals surface area contributed by atoms with Crippen LogP contribution in [0.15, 0.2) is 24.3 Å². The summed E-state index contributed by atoms with van der Waals surface area (Å²) in [5.74, 6) is 4.13. The number of nitrogens with one attached hydrogen (secondary N) is 4. The molecule has 2 heterocycles. The Kier molecular flexibility index (Phi) is 65.3. The first-order chi connectivity index (χ1) is 58.1. The molecule has 0 bridgehead atoms. The fourth-order valence-corrected chi connectivity index (χ4v) is 15.2. The van der Waals surface area contributed by atoms with Crippen LogP contribution in [0.3, 0.4) is 0 Å². The van der Waals surface area contributed by atoms with E-state index in [0.717, 1.165) is 89.9 Å². The van der Waals surface area contributed by atoms with Crippen molar-refractivity contribution in [2.45, 2.75) is 452 Å². The highest BCUT2D eigenvalue weighted by Crippen LogP contribution is 2.44. The minimum absolute atomic E-state index is 0.0267. The summed E-state index contributed by atoms with van der Waals surface area (Å²) in [7, 11) is 0. The Labute approximate surface area is 719 Å². The fourth-order valence-electron chi connectivity index (χ4n) is 15.2. The number of amides is 4. The molecule has 20 heteroatoms. The topological polar surface area (TPSA) is 267 Å². The molecule has 0 radical (unpaired) electrons. The van der Waals surface area contributed by atoms with E-state index in [-0.39, 0.29) is 35.4 Å². The monoisotopic (exact) mass is 1650 g/mol. The van der Waals surface area contributed by atoms with Gasteiger partial charge in [-0.3, -0.25) is 10.6 Å². The lowest BCUT2D eigenvalue weighted by Gasteiger charge is -2.19. The van der Waals surface area contributed by atoms with Gasteiger partial charge in [0.1, 0.15) is 0 Å². The molecule has 2 aromatic carbocycles. The molecular formula is C98H174N12O8. The Morgan fingerprint density at radius 2 is 0.432 bits per heavy atom. The van der Waals surface area contributed by atoms with Crippen LogP contribution in [-0.2, 0) is 0 Å². The Bertz CT molecular complexity index is 2760. The highest BCUT2D eigenvalue weighted by Gasteiger charge is 2.23. The average Bonchev–Trinajstić information content (AvgIpc) is 0.804. The lowest BCUT2D eigenvalue weighted by Crippen LogP contribution is -2.31. The maximum Gasteiger partial charge on any atom is 0.321 e. The van der Waals surface area contributed by atoms with Gasteiger partial charge in [-0.15, -0.1) is 0 Å². The third-order valence-corrected chi connectivity index (χ3v) is 22.5. The van der Waals surface area contributed by atoms with Crippen molar-refractivity contribution in [2.75, 3.05) is 74.8 Å². The van der Waals surface area contributed by atoms with E-state index < -0.39 is 12.1 Å². The van der Waals surface area contributed by atoms with E-state index in [4.69, 9.17) is 49.9 Å². The van der Waals surface area contributed by atoms with Crippen molar-refractivity contribution in [3.05, 3.63) is 24.3 Å². The molecule has 118 heavy (non-hydrogen) atoms. The summed E-state index contributed by atoms with van der Waals surface area (Å²) in [4.78, 5) is 54.2. The first-order valence-electron chi connectivity index (χ1n) is 49.4. The molecule has 4 rings (SSSR count). The number of nitrogen functional groups attached to an aromatic ring is 2. The number of rotatable bonds is 83. The molecule has 4 amide bonds. The number of ether oxygens (including phenoxy) is 6. The Morgan fingerprint density at radius 1 is 0.246 bits per heavy atom. The lowest BCUT2D eigenvalue weighted by molar-refractivity contribution is 0.234. The van der Waals surface area contributed by atoms with E-state index in [1.807, 2.05) is 24.3 Å². The molecule has 0 aliphatic heterocycles. The molecule has 0 saturated heterocycles. The zero-order valence-corrected chi connectivity index (χ0v) is 76.3. The van der Waals surface area contributed by atoms with Crippen molar-refractivity contribution in [2.24, 2.45) is 0 Å². The highest BCUT2D eigenvalue weighted by molar-refractivity contribution is 5.88. The van der Waals surface area contributed by atoms with Gasteiger partial charge in [0.15, 0.2) is 34.6 Å². The number of anilines is 4. The van der Waals surface area contributed by atoms with Crippen LogP contribution in [0.25, 0.3) is 22.8 Å². The summed E-state index contributed by atoms with van der Waals surface area (Å²) >= 11 is 0. The SMILES string of the molecule is CCCCCCCCCCCCOc1cc(-c2nc(N)nc(NC(=O)NCCCCCCNC(=O)Nc3nc(N)nc(-c4cc(OCCCCCCCCCCCC)c(OCCCCCCCCCCCC)c(OCCCCCCCCCCCC)c4)n3)n2)cc(OCCCCCCCCCCCC)c1OCCCCCCCCCCCC. The second kappa shape index (κ2) is 74.2. The van der Waals surface area contributed by atoms with Gasteiger partial charge < -0.3 is 50.5 Å². The summed E-state index contributed by atoms with van der Waals surface area (Å²) in [5.41, 5.74) is 14.0. The molecule has 8 N–H and O–H groups in total. The Morgan fingerprint density at radius 3 is 0.644 bits per heavy atom. The number of hydrogen-bond donors (Lipinski definition) is 6. The molecule has 0 spiro atoms. The zero-order valence-electron chi connectivity index (χ0n) is 76.3. The second-order valence-electron chi connectivity index (χ2n) is 33.6. The number of hydrogen-bond acceptors (Lipinski definition) is 16. The van der Waals surface area contributed by atoms with E-state index in [1.165, 1.54) is 308 Å². The number of nitrogens with zero attached hydrogens (tertiary/aromatic N) is 6. The number of aromatic nitrogens is 6. The molecular weight excluding hydrogens is 1470 g/mol. The third-order valence-electron chi connectivity index (χ3n) is 22.5. The van der Waals surface area contributed by atoms with Crippen LogP contribution in [0.1, 0.15) is 452 Å². The fraction of sp³-hybridized carbons (Fsp3) is 0.796. The number of nitrogens with two attached hydrogens (primary N) is 2. The normalized spacial score (nSPS) is 11.3. The quantitative estimate of drug-likeness (QED) is 0.0224. The van der Waals surface area contributed by atoms with Crippen LogP contribution in [0.5, 0.6) is 34.5 Å². The molecule has 0 aliphatic rings. The van der Waals surface area contributed by atoms with Crippen molar-refractivity contribution in [1.29, 1.82) is 0 Å². The first-order valence-corrected chi connectivity index (χ1v) is 49.4. The summed E-state index contributed by atoms with van der Waals surface area (Å²) in [6.07, 6.45) is 77.1. The Hall–Kier alpha value is -6.60. The van der Waals surface area contributed by atoms with Gasteiger partial charge >= 0.3 is 12.1 Å². The van der Waals surface area contributed by atoms with E-state index in [2.05, 4.69) is 82.7 Å². The number of carbonyl (C=O) groups is 2. The molecule has 0 unspecified atom stereocenters. The van der Waals surface area contributed by atoms with Crippen molar-refractivity contribution in [3.8, 4) is 57.3 Å². The molecule has 0 aliphatic carbocycles. The summed E-state index contributed by atoms with van der Waals surface area (Å²) < 4.78 is 40.1. The number of carbonyl (C=O) groups excluding carboxylic acids is 2. The van der Waals surface area contributed by atoms with E-state index in [1.54, 1.807) is 0 Å². The number of benzene rings is 2. The van der Waals surface area contributed by atoms with Gasteiger partial charge in [0.05, 0.1) is 39.6 Å². The Balaban J connectivity index is 1.40. The molecule has 20 nitrogen and oxygen atoms in total. The van der Waals surface area contributed by atoms with Gasteiger partial charge in [0.25, 0.3) is 0 Å². The van der Waals surface area contributed by atoms with Crippen LogP contribution < -0.4 is 61.2 Å². The summed E-state index contributed by atoms with van der Waals surface area (Å²) in [6.45, 7) is 17.7. The standard InChI is InChI=1S/C98H174N12O8/c1-7-13-19-25-31-37-43-49-57-65-73-113-85-79-83(80-86(114-74-66-58-50-44-38-32-26-20-14-8-2)89(85)117-77-69-61-53-47-41-35-29-23-17-11-5)91-103-93(99)107-95(105-91)109-97(111)101-71-63-55-56-64-72-102-98(112)110-96-106-92(104-94(100)108-96)84-81-87(115-75-67-59-51-45-39-33-27-21-15-9-3)90(118-78-70-62-54-48-42-36-30-24-18-12-6)88(82-84)116-76-68-60-52-46-40-34-28-22-16-10-4/h79-82H,7-78H2,1-6H3,(H4,99,101,103,105,107,109,111)(H4,100,102,104,106,108,110,112). The van der Waals surface area contributed by atoms with Gasteiger partial charge in [0.2, 0.25) is 35.3 Å². The predicted molar refractivity (Wildman–Crippen MR) is 496 cm³/mol. The van der Waals surface area contributed by atoms with Crippen molar-refractivity contribution >= 4 is 35.9 Å². The van der Waals surface area contributed by atoms with Crippen LogP contribution in [0, 0.1) is 0 Å². The van der Waals surface area contributed by atoms with Crippen LogP contribution in [0.4, 0.5) is 33.4 Å². The second-order valence-corrected chi connectivity index (χ2v) is 33.6. The van der Waals surface area contributed by atoms with Crippen molar-refractivity contribution in [1.82, 2.24) is 40.5 Å². The van der Waals surface area contributed by atoms with Crippen LogP contribution >= 0.6 is 0 Å². The van der Waals surface area contributed by atoms with Gasteiger partial charge in [-0.25, -0.2) is 9.59 Å². The van der Waals surface area contributed by atoms with Crippen LogP contribution in [-0.4, -0.2) is 94.7 Å². The smallest absolute Gasteiger partial charge is 0.321 e. The highest BCUT2D eigenvalue weighted by atomic mass is 16.5. The lowest BCUT2D eigenvalue weighted by atomic mass is 10.1. The maximum absolute atomic E-state index is 13.5. The molecule has 0 fully saturated rings. The van der Waals surface area contributed by atoms with Gasteiger partial charge in [-0.2, -0.15) is 29.9 Å². The van der Waals surface area contributed by atoms with E-state index in [9.17, 15) is 9.59 Å². The molecule has 674 valence electrons. The average molecular weight is 1650 g/mol. The van der Waals surface area contributed by atoms with E-state index >= 15 is 0 Å². The maximum atomic E-state index is 13.5. The van der Waals surface area contributed by atoms with Crippen molar-refractivity contribution < 1.29 is 38.0 Å². The van der Waals surface area contributed by atoms with Gasteiger partial charge in [-0.05, 0) is 75.6 Å². The molecule has 0 saturated carbocycles. The molecule has 0 atom stereocenters.